The number of rotatable bonds is 4. The van der Waals surface area contributed by atoms with Crippen molar-refractivity contribution in [2.24, 2.45) is 5.41 Å². The first-order valence-corrected chi connectivity index (χ1v) is 4.00. The van der Waals surface area contributed by atoms with Gasteiger partial charge in [-0.1, -0.05) is 20.8 Å². The third kappa shape index (κ3) is 8.19. The maximum Gasteiger partial charge on any atom is 2.00 e. The van der Waals surface area contributed by atoms with Gasteiger partial charge < -0.3 is 7.96 Å². The van der Waals surface area contributed by atoms with Crippen LogP contribution in [0.2, 0.25) is 0 Å². The molecule has 0 aliphatic rings. The zero-order valence-corrected chi connectivity index (χ0v) is 10.2. The zero-order valence-electron chi connectivity index (χ0n) is 10.8. The summed E-state index contributed by atoms with van der Waals surface area (Å²) < 4.78 is 0. The number of carbonyl (C=O) groups excluding carboxylic acids is 2. The van der Waals surface area contributed by atoms with Crippen LogP contribution in [0, 0.1) is 5.41 Å². The quantitative estimate of drug-likeness (QED) is 0.427. The Hall–Kier alpha value is -0.424. The smallest absolute Gasteiger partial charge is 1.00 e. The summed E-state index contributed by atoms with van der Waals surface area (Å²) in [6, 6.07) is 0. The van der Waals surface area contributed by atoms with Gasteiger partial charge in [0.15, 0.2) is 0 Å². The molecule has 0 spiro atoms. The monoisotopic (exact) mass is 212 g/mol. The molecule has 0 heterocycles. The summed E-state index contributed by atoms with van der Waals surface area (Å²) in [5.41, 5.74) is -0.199. The topological polar surface area (TPSA) is 71.4 Å². The Morgan fingerprint density at radius 3 is 1.93 bits per heavy atom. The van der Waals surface area contributed by atoms with Crippen LogP contribution in [-0.2, 0) is 14.4 Å². The molecule has 14 heavy (non-hydrogen) atoms. The fraction of sp³-hybridized carbons (Fsp3) is 0.667. The fourth-order valence-corrected chi connectivity index (χ4v) is 0.909. The van der Waals surface area contributed by atoms with Crippen LogP contribution in [0.5, 0.6) is 0 Å². The third-order valence-corrected chi connectivity index (χ3v) is 1.32. The van der Waals surface area contributed by atoms with Crippen molar-refractivity contribution in [1.82, 2.24) is 0 Å². The molecule has 5 heteroatoms. The minimum atomic E-state index is -1.54. The summed E-state index contributed by atoms with van der Waals surface area (Å²) in [6.45, 7) is 5.57. The van der Waals surface area contributed by atoms with E-state index in [9.17, 15) is 14.4 Å². The van der Waals surface area contributed by atoms with E-state index in [2.05, 4.69) is 0 Å². The molecule has 0 fully saturated rings. The molecule has 0 radical (unpaired) electrons. The molecule has 0 bridgehead atoms. The van der Waals surface area contributed by atoms with Gasteiger partial charge in [0.05, 0.1) is 6.42 Å². The van der Waals surface area contributed by atoms with Crippen LogP contribution in [0.4, 0.5) is 0 Å². The van der Waals surface area contributed by atoms with E-state index in [1.807, 2.05) is 20.8 Å². The van der Waals surface area contributed by atoms with E-state index in [0.29, 0.717) is 0 Å². The van der Waals surface area contributed by atoms with Crippen molar-refractivity contribution in [3.05, 3.63) is 0 Å². The van der Waals surface area contributed by atoms with E-state index in [1.165, 1.54) is 0 Å². The van der Waals surface area contributed by atoms with Crippen molar-refractivity contribution in [1.29, 1.82) is 0 Å². The average Bonchev–Trinajstić information content (AvgIpc) is 1.81. The molecule has 0 aliphatic carbocycles. The van der Waals surface area contributed by atoms with Gasteiger partial charge in [0.1, 0.15) is 5.78 Å². The summed E-state index contributed by atoms with van der Waals surface area (Å²) in [6.07, 6.45) is -0.265. The minimum Gasteiger partial charge on any atom is -1.00 e. The van der Waals surface area contributed by atoms with Gasteiger partial charge in [0.2, 0.25) is 5.78 Å². The SMILES string of the molecule is CC(C)(C)CC(=O)CC(=O)C(=O)O.[H-].[H-].[Mg+2]. The van der Waals surface area contributed by atoms with Gasteiger partial charge in [-0.3, -0.25) is 9.59 Å². The van der Waals surface area contributed by atoms with Gasteiger partial charge in [-0.2, -0.15) is 0 Å². The number of Topliss-reactive ketones (excluding diaryl/α,β-unsaturated/α-hetero) is 2. The van der Waals surface area contributed by atoms with E-state index < -0.39 is 18.2 Å². The van der Waals surface area contributed by atoms with Crippen molar-refractivity contribution in [3.63, 3.8) is 0 Å². The summed E-state index contributed by atoms with van der Waals surface area (Å²) in [5, 5.41) is 8.23. The Morgan fingerprint density at radius 1 is 1.21 bits per heavy atom. The standard InChI is InChI=1S/C9H14O4.Mg.2H/c1-9(2,3)5-6(10)4-7(11)8(12)13;;;/h4-5H2,1-3H3,(H,12,13);;;/q;+2;2*-1. The van der Waals surface area contributed by atoms with Crippen molar-refractivity contribution in [2.75, 3.05) is 0 Å². The van der Waals surface area contributed by atoms with Gasteiger partial charge in [0.25, 0.3) is 0 Å². The van der Waals surface area contributed by atoms with Crippen LogP contribution in [-0.4, -0.2) is 45.7 Å². The number of ketones is 2. The molecule has 0 saturated carbocycles. The third-order valence-electron chi connectivity index (χ3n) is 1.32. The summed E-state index contributed by atoms with van der Waals surface area (Å²) >= 11 is 0. The number of carboxylic acid groups (broad SMARTS) is 1. The van der Waals surface area contributed by atoms with E-state index >= 15 is 0 Å². The van der Waals surface area contributed by atoms with E-state index in [0.717, 1.165) is 0 Å². The molecule has 0 aromatic heterocycles. The predicted octanol–water partition coefficient (Wildman–Crippen LogP) is 0.880. The van der Waals surface area contributed by atoms with Gasteiger partial charge >= 0.3 is 29.0 Å². The second-order valence-electron chi connectivity index (χ2n) is 4.18. The molecule has 0 aromatic carbocycles. The molecule has 78 valence electrons. The van der Waals surface area contributed by atoms with Gasteiger partial charge in [-0.05, 0) is 5.41 Å². The predicted molar refractivity (Wildman–Crippen MR) is 54.3 cm³/mol. The molecule has 0 rings (SSSR count). The summed E-state index contributed by atoms with van der Waals surface area (Å²) in [7, 11) is 0. The minimum absolute atomic E-state index is 0. The second kappa shape index (κ2) is 6.13. The maximum atomic E-state index is 11.1. The van der Waals surface area contributed by atoms with Crippen molar-refractivity contribution < 1.29 is 22.3 Å². The summed E-state index contributed by atoms with van der Waals surface area (Å²) in [5.74, 6) is -2.89. The Balaban J connectivity index is -0.000000240. The number of aliphatic carboxylic acids is 1. The van der Waals surface area contributed by atoms with Crippen LogP contribution in [0.15, 0.2) is 0 Å². The molecule has 4 nitrogen and oxygen atoms in total. The molecule has 1 N–H and O–H groups in total. The van der Waals surface area contributed by atoms with Crippen LogP contribution < -0.4 is 0 Å². The van der Waals surface area contributed by atoms with Crippen LogP contribution in [0.3, 0.4) is 0 Å². The molecule has 0 aliphatic heterocycles. The normalized spacial score (nSPS) is 10.2. The number of hydrogen-bond acceptors (Lipinski definition) is 3. The Bertz CT molecular complexity index is 248. The maximum absolute atomic E-state index is 11.1. The second-order valence-corrected chi connectivity index (χ2v) is 4.18. The molecule has 0 amide bonds. The fourth-order valence-electron chi connectivity index (χ4n) is 0.909. The number of hydrogen-bond donors (Lipinski definition) is 1. The molecule has 0 unspecified atom stereocenters. The van der Waals surface area contributed by atoms with Crippen LogP contribution in [0.1, 0.15) is 36.5 Å². The van der Waals surface area contributed by atoms with E-state index in [-0.39, 0.29) is 43.5 Å². The Morgan fingerprint density at radius 2 is 1.64 bits per heavy atom. The van der Waals surface area contributed by atoms with Gasteiger partial charge in [-0.15, -0.1) is 0 Å². The first-order valence-electron chi connectivity index (χ1n) is 4.00. The van der Waals surface area contributed by atoms with Gasteiger partial charge in [0, 0.05) is 6.42 Å². The number of carboxylic acids is 1. The van der Waals surface area contributed by atoms with Crippen molar-refractivity contribution in [2.45, 2.75) is 33.6 Å². The summed E-state index contributed by atoms with van der Waals surface area (Å²) in [4.78, 5) is 31.8. The molecule has 0 saturated heterocycles. The molecule has 0 atom stereocenters. The van der Waals surface area contributed by atoms with Gasteiger partial charge in [-0.25, -0.2) is 4.79 Å². The van der Waals surface area contributed by atoms with Crippen LogP contribution >= 0.6 is 0 Å². The molecular weight excluding hydrogens is 196 g/mol. The average molecular weight is 213 g/mol. The molecular formula is C9H16MgO4. The first kappa shape index (κ1) is 16.0. The van der Waals surface area contributed by atoms with Crippen molar-refractivity contribution >= 4 is 40.6 Å². The largest absolute Gasteiger partial charge is 2.00 e. The zero-order chi connectivity index (χ0) is 10.6. The van der Waals surface area contributed by atoms with E-state index in [4.69, 9.17) is 5.11 Å². The van der Waals surface area contributed by atoms with Crippen LogP contribution in [0.25, 0.3) is 0 Å². The number of carbonyl (C=O) groups is 3. The van der Waals surface area contributed by atoms with Crippen molar-refractivity contribution in [3.8, 4) is 0 Å². The Kier molecular flexibility index (Phi) is 7.02. The molecule has 0 aromatic rings. The van der Waals surface area contributed by atoms with E-state index in [1.54, 1.807) is 0 Å². The first-order chi connectivity index (χ1) is 5.72. The Labute approximate surface area is 102 Å².